The van der Waals surface area contributed by atoms with E-state index in [1.54, 1.807) is 4.90 Å². The summed E-state index contributed by atoms with van der Waals surface area (Å²) < 4.78 is 0. The van der Waals surface area contributed by atoms with Gasteiger partial charge in [0.1, 0.15) is 6.04 Å². The average Bonchev–Trinajstić information content (AvgIpc) is 2.63. The minimum Gasteiger partial charge on any atom is -0.353 e. The molecule has 0 spiro atoms. The molecule has 1 saturated heterocycles. The van der Waals surface area contributed by atoms with Gasteiger partial charge in [0.25, 0.3) is 0 Å². The van der Waals surface area contributed by atoms with Crippen LogP contribution in [0.15, 0.2) is 0 Å². The zero-order valence-corrected chi connectivity index (χ0v) is 9.16. The van der Waals surface area contributed by atoms with Crippen molar-refractivity contribution in [2.24, 2.45) is 5.73 Å². The Morgan fingerprint density at radius 1 is 1.67 bits per heavy atom. The number of amides is 2. The van der Waals surface area contributed by atoms with Crippen molar-refractivity contribution >= 4 is 11.8 Å². The number of carbonyl (C=O) groups excluding carboxylic acids is 2. The van der Waals surface area contributed by atoms with Crippen LogP contribution in [-0.4, -0.2) is 42.4 Å². The molecule has 0 saturated carbocycles. The van der Waals surface area contributed by atoms with E-state index >= 15 is 0 Å². The lowest BCUT2D eigenvalue weighted by molar-refractivity contribution is -0.137. The van der Waals surface area contributed by atoms with Crippen LogP contribution in [0.2, 0.25) is 0 Å². The summed E-state index contributed by atoms with van der Waals surface area (Å²) in [7, 11) is 0. The number of nitrogens with one attached hydrogen (secondary N) is 1. The maximum Gasteiger partial charge on any atom is 0.242 e. The molecule has 86 valence electrons. The predicted molar refractivity (Wildman–Crippen MR) is 57.1 cm³/mol. The monoisotopic (exact) mass is 213 g/mol. The second kappa shape index (κ2) is 5.70. The van der Waals surface area contributed by atoms with E-state index in [2.05, 4.69) is 5.32 Å². The summed E-state index contributed by atoms with van der Waals surface area (Å²) in [5.74, 6) is 0.00273. The zero-order chi connectivity index (χ0) is 11.3. The lowest BCUT2D eigenvalue weighted by atomic mass is 10.2. The molecule has 0 bridgehead atoms. The highest BCUT2D eigenvalue weighted by Gasteiger charge is 2.30. The Balaban J connectivity index is 2.53. The second-order valence-corrected chi connectivity index (χ2v) is 3.69. The molecule has 0 aromatic heterocycles. The Morgan fingerprint density at radius 3 is 2.87 bits per heavy atom. The molecule has 1 unspecified atom stereocenters. The van der Waals surface area contributed by atoms with Crippen LogP contribution in [0.4, 0.5) is 0 Å². The highest BCUT2D eigenvalue weighted by Crippen LogP contribution is 2.15. The van der Waals surface area contributed by atoms with Crippen LogP contribution >= 0.6 is 0 Å². The number of hydrogen-bond donors (Lipinski definition) is 2. The van der Waals surface area contributed by atoms with Gasteiger partial charge in [-0.1, -0.05) is 6.92 Å². The maximum atomic E-state index is 11.7. The molecule has 1 aliphatic rings. The number of nitrogens with zero attached hydrogens (tertiary/aromatic N) is 1. The highest BCUT2D eigenvalue weighted by atomic mass is 16.2. The topological polar surface area (TPSA) is 75.4 Å². The third-order valence-corrected chi connectivity index (χ3v) is 2.62. The largest absolute Gasteiger partial charge is 0.353 e. The average molecular weight is 213 g/mol. The lowest BCUT2D eigenvalue weighted by Gasteiger charge is -2.25. The Labute approximate surface area is 90.0 Å². The van der Waals surface area contributed by atoms with Crippen molar-refractivity contribution in [3.05, 3.63) is 0 Å². The van der Waals surface area contributed by atoms with Crippen molar-refractivity contribution < 1.29 is 9.59 Å². The van der Waals surface area contributed by atoms with Crippen molar-refractivity contribution in [3.8, 4) is 0 Å². The van der Waals surface area contributed by atoms with Crippen molar-refractivity contribution in [3.63, 3.8) is 0 Å². The molecular weight excluding hydrogens is 194 g/mol. The molecule has 5 heteroatoms. The molecule has 0 radical (unpaired) electrons. The Bertz CT molecular complexity index is 243. The van der Waals surface area contributed by atoms with Crippen LogP contribution in [0.1, 0.15) is 26.2 Å². The van der Waals surface area contributed by atoms with Gasteiger partial charge < -0.3 is 16.0 Å². The third-order valence-electron chi connectivity index (χ3n) is 2.62. The van der Waals surface area contributed by atoms with Gasteiger partial charge in [-0.2, -0.15) is 0 Å². The fraction of sp³-hybridized carbons (Fsp3) is 0.800. The van der Waals surface area contributed by atoms with Crippen molar-refractivity contribution in [2.75, 3.05) is 19.6 Å². The second-order valence-electron chi connectivity index (χ2n) is 3.69. The van der Waals surface area contributed by atoms with Crippen molar-refractivity contribution in [2.45, 2.75) is 32.2 Å². The van der Waals surface area contributed by atoms with Crippen LogP contribution in [0.5, 0.6) is 0 Å². The minimum atomic E-state index is -0.313. The number of nitrogens with two attached hydrogens (primary N) is 1. The van der Waals surface area contributed by atoms with E-state index < -0.39 is 0 Å². The molecule has 1 heterocycles. The van der Waals surface area contributed by atoms with Gasteiger partial charge in [0.15, 0.2) is 0 Å². The van der Waals surface area contributed by atoms with Crippen LogP contribution in [0, 0.1) is 0 Å². The lowest BCUT2D eigenvalue weighted by Crippen LogP contribution is -2.48. The smallest absolute Gasteiger partial charge is 0.242 e. The fourth-order valence-electron chi connectivity index (χ4n) is 1.86. The molecule has 0 aromatic rings. The fourth-order valence-corrected chi connectivity index (χ4v) is 1.86. The molecule has 1 fully saturated rings. The molecule has 0 aliphatic carbocycles. The van der Waals surface area contributed by atoms with Crippen molar-refractivity contribution in [1.29, 1.82) is 0 Å². The van der Waals surface area contributed by atoms with Crippen LogP contribution in [-0.2, 0) is 9.59 Å². The van der Waals surface area contributed by atoms with Gasteiger partial charge in [-0.15, -0.1) is 0 Å². The van der Waals surface area contributed by atoms with Crippen LogP contribution in [0.25, 0.3) is 0 Å². The van der Waals surface area contributed by atoms with Gasteiger partial charge >= 0.3 is 0 Å². The van der Waals surface area contributed by atoms with Crippen molar-refractivity contribution in [1.82, 2.24) is 10.2 Å². The van der Waals surface area contributed by atoms with Gasteiger partial charge in [-0.3, -0.25) is 9.59 Å². The predicted octanol–water partition coefficient (Wildman–Crippen LogP) is -0.538. The summed E-state index contributed by atoms with van der Waals surface area (Å²) in [5, 5.41) is 2.72. The van der Waals surface area contributed by atoms with Gasteiger partial charge in [-0.05, 0) is 12.8 Å². The van der Waals surface area contributed by atoms with Crippen LogP contribution in [0.3, 0.4) is 0 Å². The number of hydrogen-bond acceptors (Lipinski definition) is 3. The Kier molecular flexibility index (Phi) is 4.55. The first-order valence-electron chi connectivity index (χ1n) is 5.48. The Hall–Kier alpha value is -1.10. The van der Waals surface area contributed by atoms with E-state index in [4.69, 9.17) is 5.73 Å². The third kappa shape index (κ3) is 2.92. The summed E-state index contributed by atoms with van der Waals surface area (Å²) in [6.07, 6.45) is 2.09. The van der Waals surface area contributed by atoms with E-state index in [9.17, 15) is 9.59 Å². The molecule has 3 N–H and O–H groups in total. The molecule has 5 nitrogen and oxygen atoms in total. The summed E-state index contributed by atoms with van der Waals surface area (Å²) in [6, 6.07) is -0.313. The van der Waals surface area contributed by atoms with E-state index in [1.807, 2.05) is 6.92 Å². The molecule has 2 amide bonds. The molecular formula is C10H19N3O2. The first-order chi connectivity index (χ1) is 7.20. The van der Waals surface area contributed by atoms with Gasteiger partial charge in [0.05, 0.1) is 0 Å². The SMILES string of the molecule is CCC(C(=O)NCCN)N1CCCC1=O. The normalized spacial score (nSPS) is 18.0. The standard InChI is InChI=1S/C10H19N3O2/c1-2-8(10(15)12-6-5-11)13-7-3-4-9(13)14/h8H,2-7,11H2,1H3,(H,12,15). The quantitative estimate of drug-likeness (QED) is 0.644. The zero-order valence-electron chi connectivity index (χ0n) is 9.16. The van der Waals surface area contributed by atoms with E-state index in [-0.39, 0.29) is 17.9 Å². The van der Waals surface area contributed by atoms with Crippen LogP contribution < -0.4 is 11.1 Å². The number of likely N-dealkylation sites (tertiary alicyclic amines) is 1. The highest BCUT2D eigenvalue weighted by molar-refractivity contribution is 5.88. The van der Waals surface area contributed by atoms with E-state index in [0.29, 0.717) is 32.5 Å². The number of rotatable bonds is 5. The summed E-state index contributed by atoms with van der Waals surface area (Å²) in [4.78, 5) is 24.9. The summed E-state index contributed by atoms with van der Waals surface area (Å²) in [6.45, 7) is 3.51. The van der Waals surface area contributed by atoms with Gasteiger partial charge in [0, 0.05) is 26.1 Å². The molecule has 0 aromatic carbocycles. The van der Waals surface area contributed by atoms with Gasteiger partial charge in [0.2, 0.25) is 11.8 Å². The van der Waals surface area contributed by atoms with E-state index in [1.165, 1.54) is 0 Å². The minimum absolute atomic E-state index is 0.0850. The van der Waals surface area contributed by atoms with E-state index in [0.717, 1.165) is 6.42 Å². The first-order valence-corrected chi connectivity index (χ1v) is 5.48. The molecule has 1 aliphatic heterocycles. The molecule has 1 rings (SSSR count). The molecule has 15 heavy (non-hydrogen) atoms. The maximum absolute atomic E-state index is 11.7. The first kappa shape index (κ1) is 12.0. The summed E-state index contributed by atoms with van der Waals surface area (Å²) in [5.41, 5.74) is 5.30. The summed E-state index contributed by atoms with van der Waals surface area (Å²) >= 11 is 0. The number of carbonyl (C=O) groups is 2. The van der Waals surface area contributed by atoms with Gasteiger partial charge in [-0.25, -0.2) is 0 Å². The molecule has 1 atom stereocenters. The Morgan fingerprint density at radius 2 is 2.40 bits per heavy atom.